The minimum Gasteiger partial charge on any atom is -0.0528 e. The first kappa shape index (κ1) is 7.41. The Balaban J connectivity index is 1.79. The molecule has 0 amide bonds. The molecule has 68 valence electrons. The molecule has 0 heterocycles. The largest absolute Gasteiger partial charge is 0.0528 e. The predicted molar refractivity (Wildman–Crippen MR) is 50.9 cm³/mol. The smallest absolute Gasteiger partial charge is 0.0355 e. The summed E-state index contributed by atoms with van der Waals surface area (Å²) in [6.07, 6.45) is 12.6. The molecular formula is C12H20. The molecule has 4 atom stereocenters. The van der Waals surface area contributed by atoms with E-state index in [0.29, 0.717) is 0 Å². The molecule has 0 N–H and O–H groups in total. The third kappa shape index (κ3) is 0.963. The van der Waals surface area contributed by atoms with Gasteiger partial charge in [0, 0.05) is 0 Å². The molecule has 0 aromatic rings. The highest BCUT2D eigenvalue weighted by Crippen LogP contribution is 2.53. The maximum Gasteiger partial charge on any atom is -0.0355 e. The Bertz CT molecular complexity index is 173. The van der Waals surface area contributed by atoms with Crippen molar-refractivity contribution in [3.8, 4) is 0 Å². The summed E-state index contributed by atoms with van der Waals surface area (Å²) in [5, 5.41) is 0. The Morgan fingerprint density at radius 3 is 1.75 bits per heavy atom. The van der Waals surface area contributed by atoms with E-state index in [1.165, 1.54) is 23.7 Å². The van der Waals surface area contributed by atoms with Crippen LogP contribution in [0.5, 0.6) is 0 Å². The molecule has 12 heavy (non-hydrogen) atoms. The van der Waals surface area contributed by atoms with Crippen LogP contribution in [-0.4, -0.2) is 0 Å². The van der Waals surface area contributed by atoms with Gasteiger partial charge in [-0.25, -0.2) is 0 Å². The van der Waals surface area contributed by atoms with Crippen LogP contribution in [0.3, 0.4) is 0 Å². The normalized spacial score (nSPS) is 52.0. The van der Waals surface area contributed by atoms with E-state index in [0.717, 1.165) is 0 Å². The van der Waals surface area contributed by atoms with Crippen molar-refractivity contribution in [2.75, 3.05) is 0 Å². The molecule has 3 fully saturated rings. The van der Waals surface area contributed by atoms with Crippen LogP contribution in [0.2, 0.25) is 0 Å². The highest BCUT2D eigenvalue weighted by atomic mass is 14.5. The van der Waals surface area contributed by atoms with Gasteiger partial charge >= 0.3 is 0 Å². The molecule has 0 bridgehead atoms. The molecule has 3 unspecified atom stereocenters. The monoisotopic (exact) mass is 164 g/mol. The van der Waals surface area contributed by atoms with Gasteiger partial charge < -0.3 is 0 Å². The van der Waals surface area contributed by atoms with Crippen LogP contribution in [0.1, 0.15) is 51.4 Å². The fourth-order valence-corrected chi connectivity index (χ4v) is 4.15. The van der Waals surface area contributed by atoms with Crippen molar-refractivity contribution in [2.24, 2.45) is 23.7 Å². The quantitative estimate of drug-likeness (QED) is 0.513. The molecule has 0 spiro atoms. The Labute approximate surface area is 75.7 Å². The van der Waals surface area contributed by atoms with Crippen molar-refractivity contribution >= 4 is 0 Å². The number of hydrogen-bond acceptors (Lipinski definition) is 0. The number of hydrogen-bond donors (Lipinski definition) is 0. The zero-order valence-corrected chi connectivity index (χ0v) is 7.97. The van der Waals surface area contributed by atoms with E-state index in [2.05, 4.69) is 0 Å². The zero-order valence-electron chi connectivity index (χ0n) is 7.97. The second kappa shape index (κ2) is 2.75. The highest BCUT2D eigenvalue weighted by molar-refractivity contribution is 4.93. The van der Waals surface area contributed by atoms with E-state index in [9.17, 15) is 0 Å². The minimum atomic E-state index is 1.17. The molecule has 3 saturated carbocycles. The van der Waals surface area contributed by atoms with Crippen molar-refractivity contribution in [3.05, 3.63) is 0 Å². The van der Waals surface area contributed by atoms with Crippen LogP contribution < -0.4 is 0 Å². The Kier molecular flexibility index (Phi) is 1.70. The number of rotatable bonds is 0. The average Bonchev–Trinajstić information content (AvgIpc) is 2.41. The Hall–Kier alpha value is 0. The maximum absolute atomic E-state index is 1.59. The van der Waals surface area contributed by atoms with Crippen molar-refractivity contribution in [2.45, 2.75) is 51.4 Å². The number of fused-ring (bicyclic) bond motifs is 3. The summed E-state index contributed by atoms with van der Waals surface area (Å²) in [7, 11) is 0. The van der Waals surface area contributed by atoms with Gasteiger partial charge in [0.2, 0.25) is 0 Å². The maximum atomic E-state index is 1.59. The molecule has 0 heteroatoms. The topological polar surface area (TPSA) is 0 Å². The summed E-state index contributed by atoms with van der Waals surface area (Å²) >= 11 is 0. The molecule has 3 rings (SSSR count). The molecule has 3 aliphatic carbocycles. The van der Waals surface area contributed by atoms with Crippen LogP contribution in [-0.2, 0) is 0 Å². The van der Waals surface area contributed by atoms with Gasteiger partial charge in [0.1, 0.15) is 0 Å². The van der Waals surface area contributed by atoms with Crippen molar-refractivity contribution in [1.82, 2.24) is 0 Å². The molecule has 0 saturated heterocycles. The first-order valence-corrected chi connectivity index (χ1v) is 5.95. The van der Waals surface area contributed by atoms with Crippen molar-refractivity contribution < 1.29 is 0 Å². The van der Waals surface area contributed by atoms with Gasteiger partial charge in [-0.1, -0.05) is 32.1 Å². The molecule has 0 aliphatic heterocycles. The first-order chi connectivity index (χ1) is 5.95. The standard InChI is InChI=1S/C12H20/c1-3-9-5-2-6-11(9)12-8-7-10(12)4-1/h9-12H,1-8H2/t9?,10?,11-,12?/m0/s1. The zero-order chi connectivity index (χ0) is 7.97. The summed E-state index contributed by atoms with van der Waals surface area (Å²) in [6, 6.07) is 0. The molecule has 0 radical (unpaired) electrons. The van der Waals surface area contributed by atoms with Gasteiger partial charge in [0.25, 0.3) is 0 Å². The van der Waals surface area contributed by atoms with Crippen LogP contribution in [0, 0.1) is 23.7 Å². The average molecular weight is 164 g/mol. The molecule has 3 aliphatic rings. The van der Waals surface area contributed by atoms with Crippen molar-refractivity contribution in [3.63, 3.8) is 0 Å². The molecular weight excluding hydrogens is 144 g/mol. The van der Waals surface area contributed by atoms with Gasteiger partial charge in [-0.2, -0.15) is 0 Å². The van der Waals surface area contributed by atoms with Crippen LogP contribution in [0.15, 0.2) is 0 Å². The van der Waals surface area contributed by atoms with E-state index in [-0.39, 0.29) is 0 Å². The minimum absolute atomic E-state index is 1.17. The summed E-state index contributed by atoms with van der Waals surface area (Å²) < 4.78 is 0. The van der Waals surface area contributed by atoms with E-state index in [4.69, 9.17) is 0 Å². The summed E-state index contributed by atoms with van der Waals surface area (Å²) in [5.41, 5.74) is 0. The van der Waals surface area contributed by atoms with Gasteiger partial charge in [-0.05, 0) is 42.9 Å². The van der Waals surface area contributed by atoms with Crippen LogP contribution >= 0.6 is 0 Å². The SMILES string of the molecule is C1CC2CCC2[C@H]2CCCC2C1. The van der Waals surface area contributed by atoms with Crippen LogP contribution in [0.25, 0.3) is 0 Å². The first-order valence-electron chi connectivity index (χ1n) is 5.95. The van der Waals surface area contributed by atoms with Gasteiger partial charge in [-0.15, -0.1) is 0 Å². The summed E-state index contributed by atoms with van der Waals surface area (Å²) in [4.78, 5) is 0. The fraction of sp³-hybridized carbons (Fsp3) is 1.00. The fourth-order valence-electron chi connectivity index (χ4n) is 4.15. The second-order valence-corrected chi connectivity index (χ2v) is 5.29. The van der Waals surface area contributed by atoms with E-state index >= 15 is 0 Å². The van der Waals surface area contributed by atoms with E-state index in [1.807, 2.05) is 0 Å². The summed E-state index contributed by atoms with van der Waals surface area (Å²) in [5.74, 6) is 4.73. The lowest BCUT2D eigenvalue weighted by Crippen LogP contribution is -2.32. The third-order valence-electron chi connectivity index (χ3n) is 4.89. The van der Waals surface area contributed by atoms with E-state index in [1.54, 1.807) is 51.4 Å². The second-order valence-electron chi connectivity index (χ2n) is 5.29. The Morgan fingerprint density at radius 2 is 1.08 bits per heavy atom. The van der Waals surface area contributed by atoms with Gasteiger partial charge in [0.15, 0.2) is 0 Å². The van der Waals surface area contributed by atoms with E-state index < -0.39 is 0 Å². The predicted octanol–water partition coefficient (Wildman–Crippen LogP) is 3.61. The van der Waals surface area contributed by atoms with Gasteiger partial charge in [0.05, 0.1) is 0 Å². The van der Waals surface area contributed by atoms with Crippen molar-refractivity contribution in [1.29, 1.82) is 0 Å². The molecule has 0 aromatic carbocycles. The molecule has 0 aromatic heterocycles. The summed E-state index contributed by atoms with van der Waals surface area (Å²) in [6.45, 7) is 0. The Morgan fingerprint density at radius 1 is 0.500 bits per heavy atom. The van der Waals surface area contributed by atoms with Gasteiger partial charge in [-0.3, -0.25) is 0 Å². The lowest BCUT2D eigenvalue weighted by Gasteiger charge is -2.40. The molecule has 0 nitrogen and oxygen atoms in total. The lowest BCUT2D eigenvalue weighted by atomic mass is 9.65. The lowest BCUT2D eigenvalue weighted by molar-refractivity contribution is 0.0939. The van der Waals surface area contributed by atoms with Crippen LogP contribution in [0.4, 0.5) is 0 Å². The highest BCUT2D eigenvalue weighted by Gasteiger charge is 2.43. The third-order valence-corrected chi connectivity index (χ3v) is 4.89.